The molecule has 4 nitrogen and oxygen atoms in total. The van der Waals surface area contributed by atoms with Crippen molar-refractivity contribution in [1.82, 2.24) is 4.98 Å². The number of allylic oxidation sites excluding steroid dienone is 1. The fourth-order valence-corrected chi connectivity index (χ4v) is 1.51. The van der Waals surface area contributed by atoms with Crippen molar-refractivity contribution < 1.29 is 4.79 Å². The maximum absolute atomic E-state index is 11.1. The van der Waals surface area contributed by atoms with Crippen LogP contribution in [0.4, 0.5) is 10.6 Å². The average Bonchev–Trinajstić information content (AvgIpc) is 2.39. The fourth-order valence-electron chi connectivity index (χ4n) is 1.51. The van der Waals surface area contributed by atoms with Gasteiger partial charge in [-0.25, -0.2) is 9.78 Å². The number of rotatable bonds is 0. The number of primary amides is 1. The highest BCUT2D eigenvalue weighted by atomic mass is 16.2. The lowest BCUT2D eigenvalue weighted by molar-refractivity contribution is 0.255. The van der Waals surface area contributed by atoms with E-state index in [-0.39, 0.29) is 0 Å². The molecule has 2 N–H and O–H groups in total. The predicted octanol–water partition coefficient (Wildman–Crippen LogP) is 1.43. The molecule has 0 atom stereocenters. The van der Waals surface area contributed by atoms with Gasteiger partial charge in [0.2, 0.25) is 0 Å². The van der Waals surface area contributed by atoms with Crippen molar-refractivity contribution in [2.24, 2.45) is 5.73 Å². The first-order valence-electron chi connectivity index (χ1n) is 4.48. The largest absolute Gasteiger partial charge is 0.351 e. The lowest BCUT2D eigenvalue weighted by Gasteiger charge is -2.15. The van der Waals surface area contributed by atoms with E-state index in [1.54, 1.807) is 12.4 Å². The first kappa shape index (κ1) is 8.74. The Balaban J connectivity index is 2.48. The van der Waals surface area contributed by atoms with E-state index < -0.39 is 6.03 Å². The van der Waals surface area contributed by atoms with Crippen molar-refractivity contribution in [3.05, 3.63) is 36.2 Å². The van der Waals surface area contributed by atoms with Crippen LogP contribution < -0.4 is 10.6 Å². The first-order chi connectivity index (χ1) is 6.79. The van der Waals surface area contributed by atoms with Gasteiger partial charge < -0.3 is 5.73 Å². The SMILES string of the molecule is NC(=O)N1C=CCCc2cccnc21. The molecule has 4 heteroatoms. The summed E-state index contributed by atoms with van der Waals surface area (Å²) in [5.41, 5.74) is 6.30. The summed E-state index contributed by atoms with van der Waals surface area (Å²) in [4.78, 5) is 16.7. The monoisotopic (exact) mass is 189 g/mol. The Morgan fingerprint density at radius 2 is 2.43 bits per heavy atom. The van der Waals surface area contributed by atoms with E-state index >= 15 is 0 Å². The zero-order valence-corrected chi connectivity index (χ0v) is 7.68. The number of hydrogen-bond acceptors (Lipinski definition) is 2. The summed E-state index contributed by atoms with van der Waals surface area (Å²) in [6.07, 6.45) is 7.06. The summed E-state index contributed by atoms with van der Waals surface area (Å²) in [6.45, 7) is 0. The van der Waals surface area contributed by atoms with Crippen LogP contribution in [0, 0.1) is 0 Å². The van der Waals surface area contributed by atoms with Crippen molar-refractivity contribution in [1.29, 1.82) is 0 Å². The molecule has 14 heavy (non-hydrogen) atoms. The first-order valence-corrected chi connectivity index (χ1v) is 4.48. The zero-order chi connectivity index (χ0) is 9.97. The Bertz CT molecular complexity index is 387. The number of pyridine rings is 1. The maximum atomic E-state index is 11.1. The normalized spacial score (nSPS) is 14.7. The highest BCUT2D eigenvalue weighted by Gasteiger charge is 2.16. The van der Waals surface area contributed by atoms with Crippen molar-refractivity contribution in [2.75, 3.05) is 4.90 Å². The second-order valence-electron chi connectivity index (χ2n) is 3.12. The Morgan fingerprint density at radius 1 is 1.57 bits per heavy atom. The minimum absolute atomic E-state index is 0.497. The van der Waals surface area contributed by atoms with Crippen LogP contribution in [-0.2, 0) is 6.42 Å². The number of amides is 2. The molecule has 0 bridgehead atoms. The Kier molecular flexibility index (Phi) is 2.18. The predicted molar refractivity (Wildman–Crippen MR) is 53.8 cm³/mol. The molecule has 1 aromatic heterocycles. The van der Waals surface area contributed by atoms with Gasteiger partial charge in [-0.1, -0.05) is 12.1 Å². The Morgan fingerprint density at radius 3 is 3.21 bits per heavy atom. The van der Waals surface area contributed by atoms with E-state index in [0.29, 0.717) is 5.82 Å². The van der Waals surface area contributed by atoms with Gasteiger partial charge in [0.05, 0.1) is 0 Å². The summed E-state index contributed by atoms with van der Waals surface area (Å²) in [7, 11) is 0. The highest BCUT2D eigenvalue weighted by Crippen LogP contribution is 2.21. The second kappa shape index (κ2) is 3.49. The molecule has 2 rings (SSSR count). The van der Waals surface area contributed by atoms with Crippen molar-refractivity contribution in [3.63, 3.8) is 0 Å². The lowest BCUT2D eigenvalue weighted by Crippen LogP contribution is -2.31. The molecule has 0 aliphatic carbocycles. The minimum Gasteiger partial charge on any atom is -0.351 e. The quantitative estimate of drug-likeness (QED) is 0.671. The molecule has 72 valence electrons. The number of aromatic nitrogens is 1. The number of nitrogens with zero attached hydrogens (tertiary/aromatic N) is 2. The molecule has 0 spiro atoms. The summed E-state index contributed by atoms with van der Waals surface area (Å²) < 4.78 is 0. The van der Waals surface area contributed by atoms with Gasteiger partial charge in [-0.2, -0.15) is 0 Å². The number of carbonyl (C=O) groups is 1. The molecule has 0 saturated carbocycles. The Hall–Kier alpha value is -1.84. The lowest BCUT2D eigenvalue weighted by atomic mass is 10.1. The average molecular weight is 189 g/mol. The second-order valence-corrected chi connectivity index (χ2v) is 3.12. The molecule has 0 saturated heterocycles. The van der Waals surface area contributed by atoms with Crippen molar-refractivity contribution in [3.8, 4) is 0 Å². The molecule has 0 aromatic carbocycles. The van der Waals surface area contributed by atoms with Crippen LogP contribution in [0.3, 0.4) is 0 Å². The van der Waals surface area contributed by atoms with Gasteiger partial charge in [-0.05, 0) is 24.5 Å². The molecule has 2 heterocycles. The molecular formula is C10H11N3O. The number of aryl methyl sites for hydroxylation is 1. The van der Waals surface area contributed by atoms with Crippen LogP contribution in [-0.4, -0.2) is 11.0 Å². The van der Waals surface area contributed by atoms with Gasteiger partial charge in [-0.15, -0.1) is 0 Å². The van der Waals surface area contributed by atoms with Crippen LogP contribution in [0.5, 0.6) is 0 Å². The third-order valence-electron chi connectivity index (χ3n) is 2.17. The fraction of sp³-hybridized carbons (Fsp3) is 0.200. The van der Waals surface area contributed by atoms with Gasteiger partial charge in [-0.3, -0.25) is 4.90 Å². The van der Waals surface area contributed by atoms with E-state index in [0.717, 1.165) is 18.4 Å². The van der Waals surface area contributed by atoms with Gasteiger partial charge in [0.1, 0.15) is 5.82 Å². The molecular weight excluding hydrogens is 178 g/mol. The van der Waals surface area contributed by atoms with Crippen LogP contribution in [0.25, 0.3) is 0 Å². The Labute approximate surface area is 82.0 Å². The highest BCUT2D eigenvalue weighted by molar-refractivity contribution is 5.92. The van der Waals surface area contributed by atoms with Gasteiger partial charge in [0, 0.05) is 12.4 Å². The van der Waals surface area contributed by atoms with Crippen LogP contribution in [0.2, 0.25) is 0 Å². The van der Waals surface area contributed by atoms with Crippen molar-refractivity contribution >= 4 is 11.8 Å². The third kappa shape index (κ3) is 1.46. The van der Waals surface area contributed by atoms with E-state index in [9.17, 15) is 4.79 Å². The summed E-state index contributed by atoms with van der Waals surface area (Å²) in [5.74, 6) is 0.647. The summed E-state index contributed by atoms with van der Waals surface area (Å²) in [5, 5.41) is 0. The topological polar surface area (TPSA) is 59.2 Å². The number of anilines is 1. The number of fused-ring (bicyclic) bond motifs is 1. The number of carbonyl (C=O) groups excluding carboxylic acids is 1. The summed E-state index contributed by atoms with van der Waals surface area (Å²) in [6, 6.07) is 3.33. The maximum Gasteiger partial charge on any atom is 0.324 e. The molecule has 0 radical (unpaired) electrons. The van der Waals surface area contributed by atoms with Gasteiger partial charge in [0.25, 0.3) is 0 Å². The summed E-state index contributed by atoms with van der Waals surface area (Å²) >= 11 is 0. The van der Waals surface area contributed by atoms with E-state index in [4.69, 9.17) is 5.73 Å². The standard InChI is InChI=1S/C10H11N3O/c11-10(14)13-7-2-1-4-8-5-3-6-12-9(8)13/h2-3,5-7H,1,4H2,(H2,11,14). The number of urea groups is 1. The van der Waals surface area contributed by atoms with E-state index in [1.807, 2.05) is 18.2 Å². The van der Waals surface area contributed by atoms with Gasteiger partial charge >= 0.3 is 6.03 Å². The third-order valence-corrected chi connectivity index (χ3v) is 2.17. The van der Waals surface area contributed by atoms with E-state index in [1.165, 1.54) is 4.90 Å². The van der Waals surface area contributed by atoms with Crippen LogP contribution >= 0.6 is 0 Å². The van der Waals surface area contributed by atoms with Crippen LogP contribution in [0.1, 0.15) is 12.0 Å². The van der Waals surface area contributed by atoms with Crippen LogP contribution in [0.15, 0.2) is 30.6 Å². The van der Waals surface area contributed by atoms with E-state index in [2.05, 4.69) is 4.98 Å². The number of nitrogens with two attached hydrogens (primary N) is 1. The zero-order valence-electron chi connectivity index (χ0n) is 7.68. The molecule has 1 aliphatic heterocycles. The molecule has 2 amide bonds. The number of hydrogen-bond donors (Lipinski definition) is 1. The smallest absolute Gasteiger partial charge is 0.324 e. The molecule has 1 aromatic rings. The minimum atomic E-state index is -0.497. The molecule has 0 fully saturated rings. The van der Waals surface area contributed by atoms with Gasteiger partial charge in [0.15, 0.2) is 0 Å². The van der Waals surface area contributed by atoms with Crippen molar-refractivity contribution in [2.45, 2.75) is 12.8 Å². The molecule has 0 unspecified atom stereocenters. The molecule has 1 aliphatic rings.